The molecule has 0 saturated carbocycles. The summed E-state index contributed by atoms with van der Waals surface area (Å²) in [5.41, 5.74) is 1.43. The Morgan fingerprint density at radius 3 is 2.42 bits per heavy atom. The van der Waals surface area contributed by atoms with Gasteiger partial charge in [0.15, 0.2) is 0 Å². The number of H-pyrrole nitrogens is 1. The molecule has 3 aromatic rings. The Balaban J connectivity index is 1.80. The van der Waals surface area contributed by atoms with Crippen molar-refractivity contribution in [2.75, 3.05) is 13.2 Å². The van der Waals surface area contributed by atoms with Gasteiger partial charge in [0.05, 0.1) is 17.9 Å². The zero-order valence-corrected chi connectivity index (χ0v) is 22.4. The standard InChI is InChI=1S/C29H32FN3O5/c1-7-37-26(35)21-15-33(25(34)17-8-10-18(30)11-9-17)16-29(5,6)23-20-13-12-19(14-22(20)31-24(21)23)38-27(36)32-28(2,3)4/h8-15,31H,7,16H2,1-6H3,(H,32,36). The lowest BCUT2D eigenvalue weighted by atomic mass is 9.81. The Bertz CT molecular complexity index is 1430. The average Bonchev–Trinajstić information content (AvgIpc) is 3.14. The van der Waals surface area contributed by atoms with Crippen LogP contribution < -0.4 is 10.1 Å². The van der Waals surface area contributed by atoms with Crippen molar-refractivity contribution in [2.24, 2.45) is 0 Å². The molecule has 0 fully saturated rings. The van der Waals surface area contributed by atoms with Crippen LogP contribution in [0.1, 0.15) is 63.2 Å². The van der Waals surface area contributed by atoms with Crippen LogP contribution in [0.4, 0.5) is 9.18 Å². The number of hydrogen-bond acceptors (Lipinski definition) is 5. The molecule has 0 radical (unpaired) electrons. The quantitative estimate of drug-likeness (QED) is 0.440. The number of aromatic nitrogens is 1. The van der Waals surface area contributed by atoms with Gasteiger partial charge in [0.1, 0.15) is 11.6 Å². The predicted molar refractivity (Wildman–Crippen MR) is 142 cm³/mol. The highest BCUT2D eigenvalue weighted by atomic mass is 19.1. The third-order valence-electron chi connectivity index (χ3n) is 6.10. The largest absolute Gasteiger partial charge is 0.462 e. The van der Waals surface area contributed by atoms with Crippen molar-refractivity contribution in [3.8, 4) is 5.75 Å². The van der Waals surface area contributed by atoms with Crippen LogP contribution in [0.2, 0.25) is 0 Å². The topological polar surface area (TPSA) is 101 Å². The Morgan fingerprint density at radius 2 is 1.79 bits per heavy atom. The highest BCUT2D eigenvalue weighted by Crippen LogP contribution is 2.41. The number of carbonyl (C=O) groups is 3. The van der Waals surface area contributed by atoms with Gasteiger partial charge in [0.25, 0.3) is 5.91 Å². The summed E-state index contributed by atoms with van der Waals surface area (Å²) < 4.78 is 24.3. The van der Waals surface area contributed by atoms with Gasteiger partial charge < -0.3 is 24.7 Å². The van der Waals surface area contributed by atoms with E-state index in [1.54, 1.807) is 19.1 Å². The Labute approximate surface area is 220 Å². The number of rotatable bonds is 4. The van der Waals surface area contributed by atoms with E-state index in [0.717, 1.165) is 10.9 Å². The number of aromatic amines is 1. The van der Waals surface area contributed by atoms with Crippen LogP contribution >= 0.6 is 0 Å². The highest BCUT2D eigenvalue weighted by molar-refractivity contribution is 6.18. The van der Waals surface area contributed by atoms with Gasteiger partial charge in [0.2, 0.25) is 0 Å². The lowest BCUT2D eigenvalue weighted by Crippen LogP contribution is -2.42. The maximum atomic E-state index is 13.5. The van der Waals surface area contributed by atoms with E-state index < -0.39 is 28.8 Å². The number of nitrogens with one attached hydrogen (secondary N) is 2. The summed E-state index contributed by atoms with van der Waals surface area (Å²) in [6.07, 6.45) is 0.910. The van der Waals surface area contributed by atoms with Crippen LogP contribution in [-0.4, -0.2) is 46.5 Å². The number of fused-ring (bicyclic) bond motifs is 3. The fourth-order valence-corrected chi connectivity index (χ4v) is 4.61. The first kappa shape index (κ1) is 26.9. The van der Waals surface area contributed by atoms with E-state index in [2.05, 4.69) is 10.3 Å². The van der Waals surface area contributed by atoms with Gasteiger partial charge in [-0.05, 0) is 69.7 Å². The molecule has 0 saturated heterocycles. The van der Waals surface area contributed by atoms with E-state index in [1.165, 1.54) is 35.4 Å². The minimum atomic E-state index is -0.611. The second-order valence-electron chi connectivity index (χ2n) is 10.9. The van der Waals surface area contributed by atoms with E-state index in [4.69, 9.17) is 9.47 Å². The van der Waals surface area contributed by atoms with Crippen LogP contribution in [0.3, 0.4) is 0 Å². The molecule has 0 bridgehead atoms. The molecule has 2 heterocycles. The molecule has 0 atom stereocenters. The number of esters is 1. The smallest absolute Gasteiger partial charge is 0.413 e. The lowest BCUT2D eigenvalue weighted by molar-refractivity contribution is -0.136. The molecule has 1 aromatic heterocycles. The molecule has 200 valence electrons. The van der Waals surface area contributed by atoms with E-state index in [-0.39, 0.29) is 24.6 Å². The molecule has 1 aliphatic rings. The molecule has 8 nitrogen and oxygen atoms in total. The number of amides is 2. The number of carbonyl (C=O) groups excluding carboxylic acids is 3. The third-order valence-corrected chi connectivity index (χ3v) is 6.10. The zero-order valence-electron chi connectivity index (χ0n) is 22.4. The van der Waals surface area contributed by atoms with Crippen molar-refractivity contribution in [2.45, 2.75) is 52.5 Å². The van der Waals surface area contributed by atoms with Crippen LogP contribution in [0.5, 0.6) is 5.75 Å². The van der Waals surface area contributed by atoms with Crippen LogP contribution in [0.15, 0.2) is 48.7 Å². The van der Waals surface area contributed by atoms with Crippen molar-refractivity contribution in [3.05, 3.63) is 71.3 Å². The van der Waals surface area contributed by atoms with E-state index in [0.29, 0.717) is 22.5 Å². The SMILES string of the molecule is CCOC(=O)C1=CN(C(=O)c2ccc(F)cc2)CC(C)(C)c2c1[nH]c1cc(OC(=O)NC(C)(C)C)ccc21. The molecule has 4 rings (SSSR count). The van der Waals surface area contributed by atoms with E-state index in [9.17, 15) is 18.8 Å². The molecule has 0 spiro atoms. The lowest BCUT2D eigenvalue weighted by Gasteiger charge is -2.29. The van der Waals surface area contributed by atoms with Crippen LogP contribution in [-0.2, 0) is 14.9 Å². The molecule has 2 amide bonds. The fraction of sp³-hybridized carbons (Fsp3) is 0.345. The Kier molecular flexibility index (Phi) is 7.06. The van der Waals surface area contributed by atoms with Crippen molar-refractivity contribution in [3.63, 3.8) is 0 Å². The van der Waals surface area contributed by atoms with Gasteiger partial charge in [-0.2, -0.15) is 0 Å². The first-order valence-electron chi connectivity index (χ1n) is 12.4. The maximum Gasteiger partial charge on any atom is 0.413 e. The second-order valence-corrected chi connectivity index (χ2v) is 10.9. The van der Waals surface area contributed by atoms with Gasteiger partial charge in [-0.3, -0.25) is 4.79 Å². The average molecular weight is 522 g/mol. The summed E-state index contributed by atoms with van der Waals surface area (Å²) in [4.78, 5) is 43.6. The van der Waals surface area contributed by atoms with Gasteiger partial charge in [-0.15, -0.1) is 0 Å². The second kappa shape index (κ2) is 9.96. The third kappa shape index (κ3) is 5.56. The zero-order chi connectivity index (χ0) is 27.8. The normalized spacial score (nSPS) is 14.8. The van der Waals surface area contributed by atoms with Crippen molar-refractivity contribution >= 4 is 34.4 Å². The van der Waals surface area contributed by atoms with Gasteiger partial charge in [-0.25, -0.2) is 14.0 Å². The molecular weight excluding hydrogens is 489 g/mol. The van der Waals surface area contributed by atoms with Crippen LogP contribution in [0, 0.1) is 5.82 Å². The summed E-state index contributed by atoms with van der Waals surface area (Å²) in [5, 5.41) is 3.57. The van der Waals surface area contributed by atoms with Crippen molar-refractivity contribution in [1.82, 2.24) is 15.2 Å². The van der Waals surface area contributed by atoms with Gasteiger partial charge >= 0.3 is 12.1 Å². The molecule has 9 heteroatoms. The molecule has 0 unspecified atom stereocenters. The van der Waals surface area contributed by atoms with Crippen LogP contribution in [0.25, 0.3) is 16.5 Å². The molecule has 2 aromatic carbocycles. The summed E-state index contributed by atoms with van der Waals surface area (Å²) in [5.74, 6) is -1.06. The molecular formula is C29H32FN3O5. The summed E-state index contributed by atoms with van der Waals surface area (Å²) >= 11 is 0. The highest BCUT2D eigenvalue weighted by Gasteiger charge is 2.37. The monoisotopic (exact) mass is 521 g/mol. The summed E-state index contributed by atoms with van der Waals surface area (Å²) in [6, 6.07) is 10.5. The molecule has 0 aliphatic carbocycles. The fourth-order valence-electron chi connectivity index (χ4n) is 4.61. The molecule has 38 heavy (non-hydrogen) atoms. The van der Waals surface area contributed by atoms with Gasteiger partial charge in [-0.1, -0.05) is 13.8 Å². The number of nitrogens with zero attached hydrogens (tertiary/aromatic N) is 1. The molecule has 2 N–H and O–H groups in total. The Hall–Kier alpha value is -4.14. The number of hydrogen-bond donors (Lipinski definition) is 2. The molecule has 1 aliphatic heterocycles. The minimum absolute atomic E-state index is 0.155. The van der Waals surface area contributed by atoms with E-state index in [1.807, 2.05) is 40.7 Å². The number of ether oxygens (including phenoxy) is 2. The van der Waals surface area contributed by atoms with Gasteiger partial charge in [0, 0.05) is 46.2 Å². The first-order chi connectivity index (χ1) is 17.8. The summed E-state index contributed by atoms with van der Waals surface area (Å²) in [7, 11) is 0. The van der Waals surface area contributed by atoms with Crippen molar-refractivity contribution < 1.29 is 28.2 Å². The predicted octanol–water partition coefficient (Wildman–Crippen LogP) is 5.53. The van der Waals surface area contributed by atoms with Crippen molar-refractivity contribution in [1.29, 1.82) is 0 Å². The number of benzene rings is 2. The Morgan fingerprint density at radius 1 is 1.11 bits per heavy atom. The minimum Gasteiger partial charge on any atom is -0.462 e. The summed E-state index contributed by atoms with van der Waals surface area (Å²) in [6.45, 7) is 11.6. The maximum absolute atomic E-state index is 13.5. The first-order valence-corrected chi connectivity index (χ1v) is 12.4. The number of halogens is 1. The van der Waals surface area contributed by atoms with E-state index >= 15 is 0 Å².